The third-order valence-corrected chi connectivity index (χ3v) is 6.06. The van der Waals surface area contributed by atoms with E-state index in [0.717, 1.165) is 33.5 Å². The van der Waals surface area contributed by atoms with Crippen molar-refractivity contribution in [3.05, 3.63) is 75.8 Å². The van der Waals surface area contributed by atoms with Gasteiger partial charge in [-0.3, -0.25) is 9.48 Å². The molecule has 0 aliphatic heterocycles. The monoisotopic (exact) mass is 439 g/mol. The van der Waals surface area contributed by atoms with Crippen LogP contribution in [0, 0.1) is 11.3 Å². The Bertz CT molecular complexity index is 1560. The van der Waals surface area contributed by atoms with Crippen molar-refractivity contribution in [2.45, 2.75) is 6.54 Å². The molecular formula is C23H17N7OS. The third-order valence-electron chi connectivity index (χ3n) is 5.47. The Labute approximate surface area is 186 Å². The summed E-state index contributed by atoms with van der Waals surface area (Å²) in [7, 11) is 1.84. The molecule has 0 saturated heterocycles. The van der Waals surface area contributed by atoms with Crippen LogP contribution in [0.3, 0.4) is 0 Å². The lowest BCUT2D eigenvalue weighted by molar-refractivity contribution is 0.776. The maximum absolute atomic E-state index is 12.2. The van der Waals surface area contributed by atoms with Crippen molar-refractivity contribution in [1.82, 2.24) is 24.4 Å². The number of benzene rings is 2. The summed E-state index contributed by atoms with van der Waals surface area (Å²) >= 11 is 1.38. The first kappa shape index (κ1) is 19.8. The minimum atomic E-state index is -0.265. The van der Waals surface area contributed by atoms with E-state index in [9.17, 15) is 10.1 Å². The lowest BCUT2D eigenvalue weighted by Crippen LogP contribution is -2.13. The molecule has 0 radical (unpaired) electrons. The molecule has 0 fully saturated rings. The Hall–Kier alpha value is -4.13. The van der Waals surface area contributed by atoms with Crippen molar-refractivity contribution in [2.24, 2.45) is 12.8 Å². The Morgan fingerprint density at radius 2 is 1.94 bits per heavy atom. The fourth-order valence-corrected chi connectivity index (χ4v) is 4.42. The van der Waals surface area contributed by atoms with E-state index < -0.39 is 0 Å². The highest BCUT2D eigenvalue weighted by Crippen LogP contribution is 2.37. The molecule has 0 spiro atoms. The predicted molar refractivity (Wildman–Crippen MR) is 124 cm³/mol. The lowest BCUT2D eigenvalue weighted by Gasteiger charge is -2.11. The molecule has 0 aliphatic rings. The normalized spacial score (nSPS) is 11.0. The van der Waals surface area contributed by atoms with Gasteiger partial charge < -0.3 is 5.73 Å². The van der Waals surface area contributed by atoms with Crippen molar-refractivity contribution in [3.8, 4) is 39.6 Å². The van der Waals surface area contributed by atoms with E-state index in [2.05, 4.69) is 25.7 Å². The number of aromatic nitrogens is 5. The molecule has 32 heavy (non-hydrogen) atoms. The average Bonchev–Trinajstić information content (AvgIpc) is 3.49. The SMILES string of the molecule is Cn1ncc(-c2ccc3c(=O)[nH]nc(CN)c3c2)c1-c1cc(-c2cnsc2)ccc1C#N. The van der Waals surface area contributed by atoms with Gasteiger partial charge in [0.15, 0.2) is 0 Å². The van der Waals surface area contributed by atoms with Gasteiger partial charge in [0.1, 0.15) is 0 Å². The molecule has 9 heteroatoms. The summed E-state index contributed by atoms with van der Waals surface area (Å²) in [4.78, 5) is 12.2. The number of aryl methyl sites for hydroxylation is 1. The van der Waals surface area contributed by atoms with Crippen LogP contribution < -0.4 is 11.3 Å². The highest BCUT2D eigenvalue weighted by Gasteiger charge is 2.18. The topological polar surface area (TPSA) is 126 Å². The number of aromatic amines is 1. The second-order valence-corrected chi connectivity index (χ2v) is 7.94. The summed E-state index contributed by atoms with van der Waals surface area (Å²) < 4.78 is 5.94. The maximum Gasteiger partial charge on any atom is 0.272 e. The largest absolute Gasteiger partial charge is 0.325 e. The Balaban J connectivity index is 1.74. The Morgan fingerprint density at radius 1 is 1.09 bits per heavy atom. The van der Waals surface area contributed by atoms with Crippen LogP contribution in [0.25, 0.3) is 44.3 Å². The molecule has 0 aliphatic carbocycles. The molecule has 5 rings (SSSR count). The summed E-state index contributed by atoms with van der Waals surface area (Å²) in [5.41, 5.74) is 12.0. The molecule has 0 atom stereocenters. The molecular weight excluding hydrogens is 422 g/mol. The van der Waals surface area contributed by atoms with Gasteiger partial charge in [-0.05, 0) is 46.9 Å². The molecule has 156 valence electrons. The fraction of sp³-hybridized carbons (Fsp3) is 0.0870. The molecule has 0 amide bonds. The van der Waals surface area contributed by atoms with E-state index in [1.165, 1.54) is 11.5 Å². The quantitative estimate of drug-likeness (QED) is 0.442. The number of nitriles is 1. The van der Waals surface area contributed by atoms with Crippen LogP contribution in [0.1, 0.15) is 11.3 Å². The van der Waals surface area contributed by atoms with E-state index in [-0.39, 0.29) is 12.1 Å². The first-order chi connectivity index (χ1) is 15.6. The number of hydrogen-bond acceptors (Lipinski definition) is 7. The van der Waals surface area contributed by atoms with E-state index in [4.69, 9.17) is 5.73 Å². The number of H-pyrrole nitrogens is 1. The van der Waals surface area contributed by atoms with Crippen LogP contribution in [0.4, 0.5) is 0 Å². The van der Waals surface area contributed by atoms with E-state index in [0.29, 0.717) is 22.0 Å². The number of fused-ring (bicyclic) bond motifs is 1. The number of hydrogen-bond donors (Lipinski definition) is 2. The summed E-state index contributed by atoms with van der Waals surface area (Å²) in [5.74, 6) is 0. The zero-order valence-electron chi connectivity index (χ0n) is 17.0. The van der Waals surface area contributed by atoms with Crippen molar-refractivity contribution >= 4 is 22.3 Å². The summed E-state index contributed by atoms with van der Waals surface area (Å²) in [6, 6.07) is 13.6. The first-order valence-electron chi connectivity index (χ1n) is 9.78. The highest BCUT2D eigenvalue weighted by atomic mass is 32.1. The molecule has 5 aromatic rings. The smallest absolute Gasteiger partial charge is 0.272 e. The van der Waals surface area contributed by atoms with Crippen LogP contribution >= 0.6 is 11.5 Å². The Morgan fingerprint density at radius 3 is 2.69 bits per heavy atom. The van der Waals surface area contributed by atoms with Gasteiger partial charge in [0.05, 0.1) is 34.6 Å². The van der Waals surface area contributed by atoms with E-state index in [1.807, 2.05) is 49.0 Å². The van der Waals surface area contributed by atoms with Crippen molar-refractivity contribution in [2.75, 3.05) is 0 Å². The van der Waals surface area contributed by atoms with Gasteiger partial charge in [-0.1, -0.05) is 12.1 Å². The molecule has 2 aromatic carbocycles. The van der Waals surface area contributed by atoms with Crippen LogP contribution in [0.5, 0.6) is 0 Å². The molecule has 0 saturated carbocycles. The van der Waals surface area contributed by atoms with E-state index >= 15 is 0 Å². The van der Waals surface area contributed by atoms with Gasteiger partial charge >= 0.3 is 0 Å². The van der Waals surface area contributed by atoms with Gasteiger partial charge in [0.25, 0.3) is 5.56 Å². The second kappa shape index (κ2) is 7.85. The van der Waals surface area contributed by atoms with Gasteiger partial charge in [0, 0.05) is 47.2 Å². The lowest BCUT2D eigenvalue weighted by atomic mass is 9.94. The zero-order chi connectivity index (χ0) is 22.2. The molecule has 3 heterocycles. The zero-order valence-corrected chi connectivity index (χ0v) is 17.8. The fourth-order valence-electron chi connectivity index (χ4n) is 3.88. The summed E-state index contributed by atoms with van der Waals surface area (Å²) in [6.45, 7) is 0.200. The molecule has 0 bridgehead atoms. The van der Waals surface area contributed by atoms with E-state index in [1.54, 1.807) is 16.9 Å². The average molecular weight is 440 g/mol. The molecule has 0 unspecified atom stereocenters. The molecule has 3 aromatic heterocycles. The Kier molecular flexibility index (Phi) is 4.86. The summed E-state index contributed by atoms with van der Waals surface area (Å²) in [6.07, 6.45) is 3.57. The minimum absolute atomic E-state index is 0.200. The summed E-state index contributed by atoms with van der Waals surface area (Å²) in [5, 5.41) is 24.0. The van der Waals surface area contributed by atoms with Crippen molar-refractivity contribution in [3.63, 3.8) is 0 Å². The number of nitrogens with one attached hydrogen (secondary N) is 1. The van der Waals surface area contributed by atoms with Crippen molar-refractivity contribution < 1.29 is 0 Å². The third kappa shape index (κ3) is 3.19. The first-order valence-corrected chi connectivity index (χ1v) is 10.6. The number of rotatable bonds is 4. The second-order valence-electron chi connectivity index (χ2n) is 7.28. The van der Waals surface area contributed by atoms with Gasteiger partial charge in [-0.15, -0.1) is 0 Å². The van der Waals surface area contributed by atoms with Crippen LogP contribution in [-0.4, -0.2) is 24.4 Å². The number of nitrogens with two attached hydrogens (primary N) is 1. The number of nitrogens with zero attached hydrogens (tertiary/aromatic N) is 5. The molecule has 3 N–H and O–H groups in total. The van der Waals surface area contributed by atoms with Gasteiger partial charge in [-0.25, -0.2) is 9.47 Å². The standard InChI is InChI=1S/C23H17N7OS/c1-30-22(18-6-13(2-3-15(18)8-24)16-10-27-32-12-16)20(11-26-30)14-4-5-17-19(7-14)21(9-25)28-29-23(17)31/h2-7,10-12H,9,25H2,1H3,(H,29,31). The van der Waals surface area contributed by atoms with Gasteiger partial charge in [-0.2, -0.15) is 15.5 Å². The predicted octanol–water partition coefficient (Wildman–Crippen LogP) is 3.44. The van der Waals surface area contributed by atoms with Crippen LogP contribution in [-0.2, 0) is 13.6 Å². The van der Waals surface area contributed by atoms with Crippen LogP contribution in [0.2, 0.25) is 0 Å². The van der Waals surface area contributed by atoms with Crippen molar-refractivity contribution in [1.29, 1.82) is 5.26 Å². The maximum atomic E-state index is 12.2. The molecule has 8 nitrogen and oxygen atoms in total. The minimum Gasteiger partial charge on any atom is -0.325 e. The highest BCUT2D eigenvalue weighted by molar-refractivity contribution is 7.03. The van der Waals surface area contributed by atoms with Crippen LogP contribution in [0.15, 0.2) is 59.0 Å². The van der Waals surface area contributed by atoms with Gasteiger partial charge in [0.2, 0.25) is 0 Å².